The fourth-order valence-electron chi connectivity index (χ4n) is 4.62. The molecule has 7 nitrogen and oxygen atoms in total. The van der Waals surface area contributed by atoms with Crippen molar-refractivity contribution in [3.8, 4) is 11.1 Å². The first-order chi connectivity index (χ1) is 17.4. The van der Waals surface area contributed by atoms with E-state index in [1.165, 1.54) is 29.0 Å². The van der Waals surface area contributed by atoms with Gasteiger partial charge in [-0.2, -0.15) is 0 Å². The molecule has 1 unspecified atom stereocenters. The van der Waals surface area contributed by atoms with Crippen molar-refractivity contribution in [2.45, 2.75) is 11.1 Å². The van der Waals surface area contributed by atoms with E-state index < -0.39 is 21.7 Å². The second-order valence-corrected chi connectivity index (χ2v) is 12.8. The number of hydrogen-bond acceptors (Lipinski definition) is 4. The van der Waals surface area contributed by atoms with Crippen molar-refractivity contribution in [2.75, 3.05) is 11.0 Å². The third-order valence-electron chi connectivity index (χ3n) is 6.14. The maximum atomic E-state index is 13.9. The number of anilines is 1. The zero-order valence-corrected chi connectivity index (χ0v) is 24.1. The van der Waals surface area contributed by atoms with Crippen LogP contribution in [-0.2, 0) is 30.5 Å². The number of sulfonamides is 1. The number of nitrogens with one attached hydrogen (secondary N) is 1. The van der Waals surface area contributed by atoms with Crippen LogP contribution in [0, 0.1) is 11.6 Å². The molecule has 0 aliphatic heterocycles. The molecule has 2 atom stereocenters. The second-order valence-electron chi connectivity index (χ2n) is 9.01. The van der Waals surface area contributed by atoms with E-state index in [2.05, 4.69) is 9.82 Å². The molecule has 0 aliphatic carbocycles. The minimum atomic E-state index is -3.60. The number of fused-ring (bicyclic) bond motifs is 2. The Kier molecular flexibility index (Phi) is 6.54. The Bertz CT molecular complexity index is 1780. The third kappa shape index (κ3) is 4.98. The molecule has 0 amide bonds. The van der Waals surface area contributed by atoms with Crippen LogP contribution < -0.4 is 4.72 Å². The molecule has 0 bridgehead atoms. The zero-order valence-electron chi connectivity index (χ0n) is 20.1. The van der Waals surface area contributed by atoms with E-state index in [1.807, 2.05) is 36.0 Å². The quantitative estimate of drug-likeness (QED) is 0.292. The van der Waals surface area contributed by atoms with Gasteiger partial charge in [0.2, 0.25) is 0 Å². The number of benzene rings is 2. The molecule has 0 fully saturated rings. The molecule has 37 heavy (non-hydrogen) atoms. The fraction of sp³-hybridized carbons (Fsp3) is 0.200. The van der Waals surface area contributed by atoms with E-state index in [0.29, 0.717) is 27.9 Å². The average Bonchev–Trinajstić information content (AvgIpc) is 3.31. The summed E-state index contributed by atoms with van der Waals surface area (Å²) < 4.78 is 57.6. The molecular weight excluding hydrogens is 583 g/mol. The Balaban J connectivity index is 1.74. The van der Waals surface area contributed by atoms with Crippen LogP contribution in [0.4, 0.5) is 14.6 Å². The molecule has 5 rings (SSSR count). The first-order valence-corrected chi connectivity index (χ1v) is 14.9. The van der Waals surface area contributed by atoms with Crippen molar-refractivity contribution in [1.29, 1.82) is 0 Å². The molecule has 0 saturated carbocycles. The molecule has 5 aromatic rings. The van der Waals surface area contributed by atoms with E-state index in [0.717, 1.165) is 40.2 Å². The Morgan fingerprint density at radius 3 is 2.46 bits per heavy atom. The van der Waals surface area contributed by atoms with Crippen molar-refractivity contribution in [2.24, 2.45) is 14.1 Å². The van der Waals surface area contributed by atoms with Gasteiger partial charge in [0, 0.05) is 0 Å². The zero-order chi connectivity index (χ0) is 26.6. The van der Waals surface area contributed by atoms with E-state index in [-0.39, 0.29) is 10.5 Å². The monoisotopic (exact) mass is 605 g/mol. The van der Waals surface area contributed by atoms with Crippen molar-refractivity contribution in [1.82, 2.24) is 19.3 Å². The summed E-state index contributed by atoms with van der Waals surface area (Å²) in [6, 6.07) is 11.0. The Morgan fingerprint density at radius 1 is 1.08 bits per heavy atom. The number of hydrogen-bond donors (Lipinski definition) is 1. The van der Waals surface area contributed by atoms with Crippen LogP contribution in [0.5, 0.6) is 0 Å². The second kappa shape index (κ2) is 9.42. The first kappa shape index (κ1) is 25.7. The number of rotatable bonds is 6. The van der Waals surface area contributed by atoms with Crippen LogP contribution in [0.2, 0.25) is 5.02 Å². The van der Waals surface area contributed by atoms with Crippen LogP contribution in [0.3, 0.4) is 0 Å². The molecular formula is C25H23AsClF2N5O2S. The SMILES string of the molecule is Cn1ccc2nc([C@@H]([AsH2])Cc3cc(F)cc(F)c3)c(-c3ccc(Cl)c4c(NS(C)(=O)=O)nn(C)c34)cc21. The van der Waals surface area contributed by atoms with Crippen molar-refractivity contribution < 1.29 is 17.2 Å². The third-order valence-corrected chi connectivity index (χ3v) is 8.17. The van der Waals surface area contributed by atoms with Gasteiger partial charge in [-0.3, -0.25) is 0 Å². The van der Waals surface area contributed by atoms with Gasteiger partial charge in [0.15, 0.2) is 0 Å². The average molecular weight is 606 g/mol. The van der Waals surface area contributed by atoms with Gasteiger partial charge in [-0.25, -0.2) is 0 Å². The van der Waals surface area contributed by atoms with Crippen LogP contribution in [-0.4, -0.2) is 50.9 Å². The van der Waals surface area contributed by atoms with E-state index in [4.69, 9.17) is 16.6 Å². The predicted octanol–water partition coefficient (Wildman–Crippen LogP) is 4.35. The molecule has 1 N–H and O–H groups in total. The van der Waals surface area contributed by atoms with Crippen molar-refractivity contribution >= 4 is 66.2 Å². The van der Waals surface area contributed by atoms with Crippen LogP contribution in [0.25, 0.3) is 33.1 Å². The topological polar surface area (TPSA) is 81.8 Å². The van der Waals surface area contributed by atoms with Gasteiger partial charge in [-0.1, -0.05) is 0 Å². The molecule has 0 radical (unpaired) electrons. The molecule has 3 aromatic heterocycles. The Morgan fingerprint density at radius 2 is 1.78 bits per heavy atom. The van der Waals surface area contributed by atoms with Gasteiger partial charge in [0.05, 0.1) is 0 Å². The van der Waals surface area contributed by atoms with Crippen LogP contribution >= 0.6 is 11.6 Å². The van der Waals surface area contributed by atoms with Gasteiger partial charge < -0.3 is 0 Å². The Hall–Kier alpha value is -2.94. The molecule has 12 heteroatoms. The molecule has 0 spiro atoms. The standard InChI is InChI=1S/C25H23AsClF2N5O2S/c1-33-7-6-20-21(33)12-17(23(30-20)18(26)10-13-8-14(28)11-15(29)9-13)16-4-5-19(27)22-24(16)34(2)31-25(22)32-37(3,35)36/h4-9,11-12,18H,10,26H2,1-3H3,(H,31,32)/t18-/m0/s1. The molecule has 192 valence electrons. The number of pyridine rings is 1. The van der Waals surface area contributed by atoms with Gasteiger partial charge >= 0.3 is 227 Å². The molecule has 2 aromatic carbocycles. The number of nitrogens with zero attached hydrogens (tertiary/aromatic N) is 4. The van der Waals surface area contributed by atoms with Gasteiger partial charge in [0.25, 0.3) is 0 Å². The maximum absolute atomic E-state index is 13.9. The fourth-order valence-corrected chi connectivity index (χ4v) is 6.46. The summed E-state index contributed by atoms with van der Waals surface area (Å²) in [4.78, 5) is 4.97. The minimum absolute atomic E-state index is 0.133. The van der Waals surface area contributed by atoms with Gasteiger partial charge in [-0.15, -0.1) is 0 Å². The summed E-state index contributed by atoms with van der Waals surface area (Å²) >= 11 is 7.90. The van der Waals surface area contributed by atoms with Crippen molar-refractivity contribution in [3.05, 3.63) is 76.6 Å². The summed E-state index contributed by atoms with van der Waals surface area (Å²) in [5, 5.41) is 5.21. The first-order valence-electron chi connectivity index (χ1n) is 11.2. The van der Waals surface area contributed by atoms with Crippen LogP contribution in [0.15, 0.2) is 48.7 Å². The number of aryl methyl sites for hydroxylation is 2. The molecule has 3 heterocycles. The van der Waals surface area contributed by atoms with Crippen LogP contribution in [0.1, 0.15) is 16.0 Å². The van der Waals surface area contributed by atoms with E-state index >= 15 is 0 Å². The Labute approximate surface area is 226 Å². The number of aromatic nitrogens is 4. The summed E-state index contributed by atoms with van der Waals surface area (Å²) in [5.41, 5.74) is 5.18. The van der Waals surface area contributed by atoms with Crippen molar-refractivity contribution in [3.63, 3.8) is 0 Å². The summed E-state index contributed by atoms with van der Waals surface area (Å²) in [7, 11) is 0.0389. The summed E-state index contributed by atoms with van der Waals surface area (Å²) in [6.45, 7) is 0. The number of halogens is 3. The van der Waals surface area contributed by atoms with E-state index in [1.54, 1.807) is 17.8 Å². The summed E-state index contributed by atoms with van der Waals surface area (Å²) in [6.07, 6.45) is 3.35. The van der Waals surface area contributed by atoms with E-state index in [9.17, 15) is 17.2 Å². The molecule has 0 saturated heterocycles. The summed E-state index contributed by atoms with van der Waals surface area (Å²) in [5.74, 6) is -1.11. The van der Waals surface area contributed by atoms with Gasteiger partial charge in [-0.05, 0) is 0 Å². The molecule has 0 aliphatic rings. The normalized spacial score (nSPS) is 12.9. The predicted molar refractivity (Wildman–Crippen MR) is 145 cm³/mol. The van der Waals surface area contributed by atoms with Gasteiger partial charge in [0.1, 0.15) is 0 Å².